The molecule has 112 valence electrons. The maximum atomic E-state index is 11.7. The molecular formula is C20H26O. The van der Waals surface area contributed by atoms with Gasteiger partial charge in [-0.05, 0) is 6.42 Å². The zero-order valence-corrected chi connectivity index (χ0v) is 13.0. The standard InChI is InChI=1S/C14H20O.C6H6/c1-2-3-4-5-9-12-14(15)13-10-7-6-8-11-13;1-2-4-6-5-3-1/h6-8,10-11H,2-5,9,12H2,1H3;1-6H. The van der Waals surface area contributed by atoms with Gasteiger partial charge >= 0.3 is 0 Å². The first-order valence-corrected chi connectivity index (χ1v) is 7.93. The fraction of sp³-hybridized carbons (Fsp3) is 0.350. The second kappa shape index (κ2) is 11.9. The van der Waals surface area contributed by atoms with Crippen molar-refractivity contribution in [3.63, 3.8) is 0 Å². The van der Waals surface area contributed by atoms with E-state index in [0.717, 1.165) is 12.0 Å². The zero-order chi connectivity index (χ0) is 15.2. The van der Waals surface area contributed by atoms with E-state index in [0.29, 0.717) is 6.42 Å². The molecule has 2 aromatic carbocycles. The smallest absolute Gasteiger partial charge is 0.162 e. The molecule has 0 aliphatic heterocycles. The molecule has 0 heterocycles. The van der Waals surface area contributed by atoms with Crippen LogP contribution in [0.5, 0.6) is 0 Å². The molecule has 0 saturated carbocycles. The van der Waals surface area contributed by atoms with Crippen molar-refractivity contribution in [2.45, 2.75) is 45.4 Å². The van der Waals surface area contributed by atoms with Crippen LogP contribution in [-0.4, -0.2) is 5.78 Å². The maximum Gasteiger partial charge on any atom is 0.162 e. The van der Waals surface area contributed by atoms with Crippen molar-refractivity contribution in [2.24, 2.45) is 0 Å². The number of ketones is 1. The fourth-order valence-electron chi connectivity index (χ4n) is 2.04. The summed E-state index contributed by atoms with van der Waals surface area (Å²) in [5.41, 5.74) is 0.855. The van der Waals surface area contributed by atoms with Crippen LogP contribution in [0.25, 0.3) is 0 Å². The van der Waals surface area contributed by atoms with Gasteiger partial charge in [0, 0.05) is 12.0 Å². The second-order valence-corrected chi connectivity index (χ2v) is 5.11. The Kier molecular flexibility index (Phi) is 9.72. The Morgan fingerprint density at radius 3 is 1.71 bits per heavy atom. The lowest BCUT2D eigenvalue weighted by molar-refractivity contribution is 0.0979. The van der Waals surface area contributed by atoms with Gasteiger partial charge in [0.15, 0.2) is 5.78 Å². The van der Waals surface area contributed by atoms with Gasteiger partial charge in [0.2, 0.25) is 0 Å². The van der Waals surface area contributed by atoms with Gasteiger partial charge < -0.3 is 0 Å². The number of carbonyl (C=O) groups is 1. The Balaban J connectivity index is 0.000000304. The van der Waals surface area contributed by atoms with E-state index in [1.54, 1.807) is 0 Å². The van der Waals surface area contributed by atoms with Crippen LogP contribution in [-0.2, 0) is 0 Å². The van der Waals surface area contributed by atoms with Gasteiger partial charge in [-0.2, -0.15) is 0 Å². The minimum atomic E-state index is 0.284. The molecule has 0 aliphatic rings. The van der Waals surface area contributed by atoms with Crippen LogP contribution in [0.2, 0.25) is 0 Å². The van der Waals surface area contributed by atoms with Crippen LogP contribution in [0.4, 0.5) is 0 Å². The van der Waals surface area contributed by atoms with E-state index in [1.807, 2.05) is 66.7 Å². The molecule has 0 aromatic heterocycles. The molecule has 0 atom stereocenters. The van der Waals surface area contributed by atoms with E-state index in [9.17, 15) is 4.79 Å². The van der Waals surface area contributed by atoms with Crippen molar-refractivity contribution in [1.29, 1.82) is 0 Å². The Morgan fingerprint density at radius 2 is 1.19 bits per heavy atom. The molecular weight excluding hydrogens is 256 g/mol. The van der Waals surface area contributed by atoms with Gasteiger partial charge in [0.05, 0.1) is 0 Å². The summed E-state index contributed by atoms with van der Waals surface area (Å²) in [5, 5.41) is 0. The number of benzene rings is 2. The first-order chi connectivity index (χ1) is 10.3. The van der Waals surface area contributed by atoms with Gasteiger partial charge in [-0.25, -0.2) is 0 Å². The lowest BCUT2D eigenvalue weighted by Crippen LogP contribution is -1.98. The van der Waals surface area contributed by atoms with E-state index < -0.39 is 0 Å². The van der Waals surface area contributed by atoms with Crippen LogP contribution >= 0.6 is 0 Å². The summed E-state index contributed by atoms with van der Waals surface area (Å²) in [6.45, 7) is 2.20. The molecule has 1 nitrogen and oxygen atoms in total. The zero-order valence-electron chi connectivity index (χ0n) is 13.0. The molecule has 1 heteroatoms. The number of carbonyl (C=O) groups excluding carboxylic acids is 1. The Hall–Kier alpha value is -1.89. The van der Waals surface area contributed by atoms with Crippen molar-refractivity contribution in [3.8, 4) is 0 Å². The van der Waals surface area contributed by atoms with E-state index in [-0.39, 0.29) is 5.78 Å². The summed E-state index contributed by atoms with van der Waals surface area (Å²) < 4.78 is 0. The molecule has 0 aliphatic carbocycles. The quantitative estimate of drug-likeness (QED) is 0.455. The highest BCUT2D eigenvalue weighted by molar-refractivity contribution is 5.95. The fourth-order valence-corrected chi connectivity index (χ4v) is 2.04. The Morgan fingerprint density at radius 1 is 0.714 bits per heavy atom. The molecule has 0 spiro atoms. The molecule has 0 N–H and O–H groups in total. The molecule has 0 unspecified atom stereocenters. The van der Waals surface area contributed by atoms with E-state index >= 15 is 0 Å². The van der Waals surface area contributed by atoms with Crippen LogP contribution in [0.3, 0.4) is 0 Å². The average molecular weight is 282 g/mol. The normalized spacial score (nSPS) is 9.57. The minimum absolute atomic E-state index is 0.284. The number of Topliss-reactive ketones (excluding diaryl/α,β-unsaturated/α-hetero) is 1. The van der Waals surface area contributed by atoms with Crippen molar-refractivity contribution in [2.75, 3.05) is 0 Å². The van der Waals surface area contributed by atoms with E-state index in [2.05, 4.69) is 6.92 Å². The number of hydrogen-bond donors (Lipinski definition) is 0. The molecule has 0 fully saturated rings. The summed E-state index contributed by atoms with van der Waals surface area (Å²) in [6, 6.07) is 21.6. The van der Waals surface area contributed by atoms with Crippen molar-refractivity contribution in [1.82, 2.24) is 0 Å². The van der Waals surface area contributed by atoms with Crippen molar-refractivity contribution >= 4 is 5.78 Å². The molecule has 0 bridgehead atoms. The molecule has 0 radical (unpaired) electrons. The highest BCUT2D eigenvalue weighted by Crippen LogP contribution is 2.09. The number of unbranched alkanes of at least 4 members (excludes halogenated alkanes) is 4. The SMILES string of the molecule is CCCCCCCC(=O)c1ccccc1.c1ccccc1. The van der Waals surface area contributed by atoms with Gasteiger partial charge in [-0.1, -0.05) is 99.3 Å². The summed E-state index contributed by atoms with van der Waals surface area (Å²) in [4.78, 5) is 11.7. The predicted octanol–water partition coefficient (Wildman–Crippen LogP) is 5.92. The number of hydrogen-bond acceptors (Lipinski definition) is 1. The average Bonchev–Trinajstić information content (AvgIpc) is 2.57. The monoisotopic (exact) mass is 282 g/mol. The van der Waals surface area contributed by atoms with E-state index in [4.69, 9.17) is 0 Å². The number of rotatable bonds is 7. The third-order valence-electron chi connectivity index (χ3n) is 3.27. The second-order valence-electron chi connectivity index (χ2n) is 5.11. The van der Waals surface area contributed by atoms with Crippen LogP contribution in [0, 0.1) is 0 Å². The minimum Gasteiger partial charge on any atom is -0.294 e. The molecule has 2 rings (SSSR count). The Bertz CT molecular complexity index is 435. The van der Waals surface area contributed by atoms with Crippen LogP contribution < -0.4 is 0 Å². The summed E-state index contributed by atoms with van der Waals surface area (Å²) in [6.07, 6.45) is 6.73. The molecule has 0 amide bonds. The lowest BCUT2D eigenvalue weighted by Gasteiger charge is -2.00. The largest absolute Gasteiger partial charge is 0.294 e. The first-order valence-electron chi connectivity index (χ1n) is 7.93. The lowest BCUT2D eigenvalue weighted by atomic mass is 10.0. The highest BCUT2D eigenvalue weighted by Gasteiger charge is 2.03. The van der Waals surface area contributed by atoms with Gasteiger partial charge in [-0.15, -0.1) is 0 Å². The predicted molar refractivity (Wildman–Crippen MR) is 90.6 cm³/mol. The first kappa shape index (κ1) is 17.2. The third kappa shape index (κ3) is 8.80. The molecule has 21 heavy (non-hydrogen) atoms. The van der Waals surface area contributed by atoms with Crippen LogP contribution in [0.1, 0.15) is 55.8 Å². The van der Waals surface area contributed by atoms with Gasteiger partial charge in [0.1, 0.15) is 0 Å². The van der Waals surface area contributed by atoms with Crippen molar-refractivity contribution < 1.29 is 4.79 Å². The summed E-state index contributed by atoms with van der Waals surface area (Å²) in [5.74, 6) is 0.284. The summed E-state index contributed by atoms with van der Waals surface area (Å²) >= 11 is 0. The Labute approximate surface area is 129 Å². The highest BCUT2D eigenvalue weighted by atomic mass is 16.1. The topological polar surface area (TPSA) is 17.1 Å². The molecule has 0 saturated heterocycles. The maximum absolute atomic E-state index is 11.7. The van der Waals surface area contributed by atoms with Gasteiger partial charge in [-0.3, -0.25) is 4.79 Å². The van der Waals surface area contributed by atoms with Gasteiger partial charge in [0.25, 0.3) is 0 Å². The van der Waals surface area contributed by atoms with Crippen LogP contribution in [0.15, 0.2) is 66.7 Å². The third-order valence-corrected chi connectivity index (χ3v) is 3.27. The van der Waals surface area contributed by atoms with E-state index in [1.165, 1.54) is 25.7 Å². The molecule has 2 aromatic rings. The van der Waals surface area contributed by atoms with Crippen molar-refractivity contribution in [3.05, 3.63) is 72.3 Å². The summed E-state index contributed by atoms with van der Waals surface area (Å²) in [7, 11) is 0.